The predicted octanol–water partition coefficient (Wildman–Crippen LogP) is 2.55. The van der Waals surface area contributed by atoms with Gasteiger partial charge in [-0.1, -0.05) is 0 Å². The molecule has 2 aromatic rings. The van der Waals surface area contributed by atoms with Crippen LogP contribution in [-0.4, -0.2) is 30.2 Å². The highest BCUT2D eigenvalue weighted by atomic mass is 19.1. The topological polar surface area (TPSA) is 66.6 Å². The third-order valence-corrected chi connectivity index (χ3v) is 2.63. The van der Waals surface area contributed by atoms with Crippen LogP contribution >= 0.6 is 0 Å². The maximum atomic E-state index is 13.6. The molecule has 1 heterocycles. The number of carboxylic acid groups (broad SMARTS) is 1. The first-order valence-corrected chi connectivity index (χ1v) is 5.58. The van der Waals surface area contributed by atoms with Gasteiger partial charge in [0.15, 0.2) is 17.3 Å². The first kappa shape index (κ1) is 13.1. The van der Waals surface area contributed by atoms with Crippen LogP contribution in [0.1, 0.15) is 16.4 Å². The van der Waals surface area contributed by atoms with Crippen molar-refractivity contribution in [1.82, 2.24) is 4.98 Å². The minimum atomic E-state index is -1.18. The maximum absolute atomic E-state index is 13.6. The summed E-state index contributed by atoms with van der Waals surface area (Å²) in [6, 6.07) is 4.27. The van der Waals surface area contributed by atoms with Crippen molar-refractivity contribution in [2.45, 2.75) is 6.92 Å². The molecule has 0 radical (unpaired) electrons. The number of carboxylic acids is 1. The van der Waals surface area contributed by atoms with Crippen molar-refractivity contribution < 1.29 is 18.7 Å². The molecule has 0 unspecified atom stereocenters. The molecule has 100 valence electrons. The van der Waals surface area contributed by atoms with Crippen LogP contribution in [0.3, 0.4) is 0 Å². The molecule has 0 bridgehead atoms. The Labute approximate surface area is 109 Å². The van der Waals surface area contributed by atoms with Gasteiger partial charge in [0.1, 0.15) is 5.82 Å². The molecule has 0 amide bonds. The number of hydrogen-bond donors (Lipinski definition) is 1. The Morgan fingerprint density at radius 3 is 2.68 bits per heavy atom. The van der Waals surface area contributed by atoms with E-state index in [4.69, 9.17) is 9.52 Å². The van der Waals surface area contributed by atoms with Crippen molar-refractivity contribution in [2.75, 3.05) is 19.0 Å². The molecule has 6 heteroatoms. The monoisotopic (exact) mass is 264 g/mol. The van der Waals surface area contributed by atoms with Gasteiger partial charge in [0.25, 0.3) is 0 Å². The number of aryl methyl sites for hydroxylation is 1. The average molecular weight is 264 g/mol. The fraction of sp³-hybridized carbons (Fsp3) is 0.231. The van der Waals surface area contributed by atoms with Crippen molar-refractivity contribution in [2.24, 2.45) is 0 Å². The summed E-state index contributed by atoms with van der Waals surface area (Å²) >= 11 is 0. The van der Waals surface area contributed by atoms with Crippen molar-refractivity contribution in [3.63, 3.8) is 0 Å². The number of anilines is 1. The van der Waals surface area contributed by atoms with E-state index in [-0.39, 0.29) is 23.2 Å². The molecule has 0 aliphatic heterocycles. The minimum absolute atomic E-state index is 0.133. The van der Waals surface area contributed by atoms with Gasteiger partial charge in [-0.2, -0.15) is 0 Å². The number of aromatic nitrogens is 1. The molecule has 1 N–H and O–H groups in total. The Kier molecular flexibility index (Phi) is 3.25. The van der Waals surface area contributed by atoms with Gasteiger partial charge >= 0.3 is 5.97 Å². The molecule has 0 saturated carbocycles. The molecule has 0 aliphatic rings. The molecular weight excluding hydrogens is 251 g/mol. The molecule has 1 aromatic carbocycles. The summed E-state index contributed by atoms with van der Waals surface area (Å²) in [7, 11) is 3.40. The minimum Gasteiger partial charge on any atom is -0.476 e. The van der Waals surface area contributed by atoms with Gasteiger partial charge in [0.2, 0.25) is 0 Å². The zero-order valence-electron chi connectivity index (χ0n) is 10.8. The highest BCUT2D eigenvalue weighted by molar-refractivity contribution is 5.92. The maximum Gasteiger partial charge on any atom is 0.358 e. The second-order valence-electron chi connectivity index (χ2n) is 4.28. The van der Waals surface area contributed by atoms with Gasteiger partial charge in [0, 0.05) is 26.6 Å². The molecular formula is C13H13FN2O3. The molecule has 2 rings (SSSR count). The van der Waals surface area contributed by atoms with E-state index in [1.165, 1.54) is 18.2 Å². The lowest BCUT2D eigenvalue weighted by molar-refractivity contribution is 0.0691. The smallest absolute Gasteiger partial charge is 0.358 e. The van der Waals surface area contributed by atoms with Crippen LogP contribution in [0.4, 0.5) is 10.1 Å². The highest BCUT2D eigenvalue weighted by Gasteiger charge is 2.20. The van der Waals surface area contributed by atoms with Gasteiger partial charge < -0.3 is 14.4 Å². The van der Waals surface area contributed by atoms with E-state index in [2.05, 4.69) is 4.98 Å². The van der Waals surface area contributed by atoms with Crippen LogP contribution in [0.2, 0.25) is 0 Å². The van der Waals surface area contributed by atoms with E-state index in [0.717, 1.165) is 0 Å². The number of nitrogens with zero attached hydrogens (tertiary/aromatic N) is 2. The van der Waals surface area contributed by atoms with Crippen LogP contribution in [-0.2, 0) is 0 Å². The third-order valence-electron chi connectivity index (χ3n) is 2.63. The first-order valence-electron chi connectivity index (χ1n) is 5.58. The Morgan fingerprint density at radius 1 is 1.42 bits per heavy atom. The summed E-state index contributed by atoms with van der Waals surface area (Å²) in [5.74, 6) is -1.18. The fourth-order valence-corrected chi connectivity index (χ4v) is 1.76. The summed E-state index contributed by atoms with van der Waals surface area (Å²) in [6.45, 7) is 1.56. The number of halogens is 1. The summed E-state index contributed by atoms with van der Waals surface area (Å²) in [5.41, 5.74) is 0.653. The lowest BCUT2D eigenvalue weighted by Crippen LogP contribution is -2.10. The Balaban J connectivity index is 2.59. The predicted molar refractivity (Wildman–Crippen MR) is 67.9 cm³/mol. The second-order valence-corrected chi connectivity index (χ2v) is 4.28. The third kappa shape index (κ3) is 2.42. The molecule has 0 spiro atoms. The zero-order valence-corrected chi connectivity index (χ0v) is 10.8. The quantitative estimate of drug-likeness (QED) is 0.922. The second kappa shape index (κ2) is 4.72. The van der Waals surface area contributed by atoms with Crippen LogP contribution in [0, 0.1) is 12.7 Å². The first-order chi connectivity index (χ1) is 8.90. The van der Waals surface area contributed by atoms with E-state index in [1.807, 2.05) is 0 Å². The van der Waals surface area contributed by atoms with E-state index >= 15 is 0 Å². The summed E-state index contributed by atoms with van der Waals surface area (Å²) in [4.78, 5) is 16.5. The van der Waals surface area contributed by atoms with Crippen molar-refractivity contribution in [1.29, 1.82) is 0 Å². The lowest BCUT2D eigenvalue weighted by Gasteiger charge is -2.14. The molecule has 19 heavy (non-hydrogen) atoms. The molecule has 5 nitrogen and oxygen atoms in total. The van der Waals surface area contributed by atoms with E-state index < -0.39 is 5.97 Å². The van der Waals surface area contributed by atoms with Gasteiger partial charge in [-0.15, -0.1) is 0 Å². The fourth-order valence-electron chi connectivity index (χ4n) is 1.76. The van der Waals surface area contributed by atoms with E-state index in [1.54, 1.807) is 25.9 Å². The average Bonchev–Trinajstić information content (AvgIpc) is 2.71. The zero-order chi connectivity index (χ0) is 14.2. The standard InChI is InChI=1S/C13H13FN2O3/c1-7-15-11(13(17)18)12(19-7)8-4-5-9(14)10(6-8)16(2)3/h4-6H,1-3H3,(H,17,18). The van der Waals surface area contributed by atoms with E-state index in [0.29, 0.717) is 11.3 Å². The largest absolute Gasteiger partial charge is 0.476 e. The van der Waals surface area contributed by atoms with Crippen molar-refractivity contribution in [3.8, 4) is 11.3 Å². The van der Waals surface area contributed by atoms with Gasteiger partial charge in [-0.05, 0) is 18.2 Å². The van der Waals surface area contributed by atoms with Gasteiger partial charge in [-0.3, -0.25) is 0 Å². The molecule has 1 aromatic heterocycles. The summed E-state index contributed by atoms with van der Waals surface area (Å²) in [6.07, 6.45) is 0. The number of aromatic carboxylic acids is 1. The number of hydrogen-bond acceptors (Lipinski definition) is 4. The Hall–Kier alpha value is -2.37. The molecule has 0 atom stereocenters. The number of rotatable bonds is 3. The number of oxazole rings is 1. The summed E-state index contributed by atoms with van der Waals surface area (Å²) in [5, 5.41) is 9.07. The molecule has 0 fully saturated rings. The van der Waals surface area contributed by atoms with Crippen LogP contribution in [0.5, 0.6) is 0 Å². The van der Waals surface area contributed by atoms with E-state index in [9.17, 15) is 9.18 Å². The summed E-state index contributed by atoms with van der Waals surface area (Å²) < 4.78 is 18.9. The normalized spacial score (nSPS) is 10.5. The highest BCUT2D eigenvalue weighted by Crippen LogP contribution is 2.29. The van der Waals surface area contributed by atoms with Crippen molar-refractivity contribution in [3.05, 3.63) is 35.6 Å². The molecule has 0 saturated heterocycles. The molecule has 0 aliphatic carbocycles. The van der Waals surface area contributed by atoms with Crippen LogP contribution in [0.25, 0.3) is 11.3 Å². The number of benzene rings is 1. The van der Waals surface area contributed by atoms with Gasteiger partial charge in [-0.25, -0.2) is 14.2 Å². The van der Waals surface area contributed by atoms with Crippen LogP contribution < -0.4 is 4.90 Å². The Morgan fingerprint density at radius 2 is 2.11 bits per heavy atom. The van der Waals surface area contributed by atoms with Crippen LogP contribution in [0.15, 0.2) is 22.6 Å². The lowest BCUT2D eigenvalue weighted by atomic mass is 10.1. The SMILES string of the molecule is Cc1nc(C(=O)O)c(-c2ccc(F)c(N(C)C)c2)o1. The number of carbonyl (C=O) groups is 1. The van der Waals surface area contributed by atoms with Crippen molar-refractivity contribution >= 4 is 11.7 Å². The Bertz CT molecular complexity index is 635. The van der Waals surface area contributed by atoms with Gasteiger partial charge in [0.05, 0.1) is 5.69 Å².